The van der Waals surface area contributed by atoms with Gasteiger partial charge in [0.15, 0.2) is 0 Å². The van der Waals surface area contributed by atoms with Gasteiger partial charge in [0.05, 0.1) is 6.10 Å². The van der Waals surface area contributed by atoms with Crippen molar-refractivity contribution in [2.24, 2.45) is 5.73 Å². The molecule has 1 aromatic heterocycles. The normalized spacial score (nSPS) is 31.5. The molecule has 0 amide bonds. The van der Waals surface area contributed by atoms with E-state index in [9.17, 15) is 5.11 Å². The third kappa shape index (κ3) is 2.03. The predicted molar refractivity (Wildman–Crippen MR) is 59.3 cm³/mol. The van der Waals surface area contributed by atoms with Crippen LogP contribution in [-0.2, 0) is 5.54 Å². The third-order valence-electron chi connectivity index (χ3n) is 3.39. The molecule has 0 atom stereocenters. The molecule has 1 aliphatic rings. The number of aliphatic hydroxyl groups is 1. The molecule has 15 heavy (non-hydrogen) atoms. The molecule has 2 rings (SSSR count). The van der Waals surface area contributed by atoms with Gasteiger partial charge in [-0.15, -0.1) is 0 Å². The lowest BCUT2D eigenvalue weighted by Crippen LogP contribution is -2.42. The summed E-state index contributed by atoms with van der Waals surface area (Å²) >= 11 is 0. The Kier molecular flexibility index (Phi) is 2.76. The minimum atomic E-state index is -0.280. The molecule has 0 radical (unpaired) electrons. The Labute approximate surface area is 90.3 Å². The van der Waals surface area contributed by atoms with Crippen LogP contribution in [0.5, 0.6) is 0 Å². The Hall–Kier alpha value is -0.930. The van der Waals surface area contributed by atoms with E-state index >= 15 is 0 Å². The summed E-state index contributed by atoms with van der Waals surface area (Å²) in [4.78, 5) is 4.28. The van der Waals surface area contributed by atoms with E-state index in [-0.39, 0.29) is 11.6 Å². The molecular formula is C12H18N2O. The lowest BCUT2D eigenvalue weighted by molar-refractivity contribution is 0.0966. The first-order valence-electron chi connectivity index (χ1n) is 5.51. The smallest absolute Gasteiger partial charge is 0.0541 e. The summed E-state index contributed by atoms with van der Waals surface area (Å²) in [6, 6.07) is 3.99. The van der Waals surface area contributed by atoms with Gasteiger partial charge in [-0.3, -0.25) is 4.98 Å². The molecule has 1 fully saturated rings. The van der Waals surface area contributed by atoms with Crippen molar-refractivity contribution in [1.29, 1.82) is 0 Å². The summed E-state index contributed by atoms with van der Waals surface area (Å²) in [6.07, 6.45) is 4.91. The monoisotopic (exact) mass is 206 g/mol. The molecule has 1 aromatic rings. The van der Waals surface area contributed by atoms with Crippen LogP contribution in [0.15, 0.2) is 18.3 Å². The molecule has 3 heteroatoms. The average molecular weight is 206 g/mol. The highest BCUT2D eigenvalue weighted by molar-refractivity contribution is 5.27. The Morgan fingerprint density at radius 3 is 2.73 bits per heavy atom. The largest absolute Gasteiger partial charge is 0.393 e. The van der Waals surface area contributed by atoms with Gasteiger partial charge >= 0.3 is 0 Å². The van der Waals surface area contributed by atoms with E-state index in [4.69, 9.17) is 5.73 Å². The van der Waals surface area contributed by atoms with Crippen LogP contribution in [0.25, 0.3) is 0 Å². The number of aromatic nitrogens is 1. The van der Waals surface area contributed by atoms with Crippen LogP contribution >= 0.6 is 0 Å². The van der Waals surface area contributed by atoms with Crippen LogP contribution in [0.1, 0.15) is 36.9 Å². The Bertz CT molecular complexity index is 343. The van der Waals surface area contributed by atoms with Gasteiger partial charge in [0.25, 0.3) is 0 Å². The summed E-state index contributed by atoms with van der Waals surface area (Å²) in [6.45, 7) is 2.00. The molecule has 0 aliphatic heterocycles. The van der Waals surface area contributed by atoms with Crippen molar-refractivity contribution in [3.8, 4) is 0 Å². The van der Waals surface area contributed by atoms with Crippen molar-refractivity contribution in [2.75, 3.05) is 0 Å². The summed E-state index contributed by atoms with van der Waals surface area (Å²) in [7, 11) is 0. The molecule has 0 unspecified atom stereocenters. The van der Waals surface area contributed by atoms with E-state index in [1.54, 1.807) is 6.20 Å². The molecule has 82 valence electrons. The fourth-order valence-corrected chi connectivity index (χ4v) is 2.40. The SMILES string of the molecule is Cc1ncccc1C1(N)CCC(O)CC1. The summed E-state index contributed by atoms with van der Waals surface area (Å²) in [5.41, 5.74) is 8.26. The van der Waals surface area contributed by atoms with Crippen molar-refractivity contribution in [3.05, 3.63) is 29.6 Å². The van der Waals surface area contributed by atoms with E-state index in [0.717, 1.165) is 36.9 Å². The second-order valence-corrected chi connectivity index (χ2v) is 4.52. The van der Waals surface area contributed by atoms with Crippen LogP contribution in [0.2, 0.25) is 0 Å². The first-order valence-corrected chi connectivity index (χ1v) is 5.51. The highest BCUT2D eigenvalue weighted by Gasteiger charge is 2.33. The second-order valence-electron chi connectivity index (χ2n) is 4.52. The highest BCUT2D eigenvalue weighted by Crippen LogP contribution is 2.35. The lowest BCUT2D eigenvalue weighted by atomic mass is 9.76. The maximum atomic E-state index is 9.49. The molecule has 3 N–H and O–H groups in total. The standard InChI is InChI=1S/C12H18N2O/c1-9-11(3-2-8-14-9)12(13)6-4-10(15)5-7-12/h2-3,8,10,15H,4-7,13H2,1H3. The number of hydrogen-bond donors (Lipinski definition) is 2. The molecule has 3 nitrogen and oxygen atoms in total. The zero-order valence-electron chi connectivity index (χ0n) is 9.11. The fourth-order valence-electron chi connectivity index (χ4n) is 2.40. The van der Waals surface area contributed by atoms with Crippen LogP contribution in [0, 0.1) is 6.92 Å². The topological polar surface area (TPSA) is 59.1 Å². The van der Waals surface area contributed by atoms with Gasteiger partial charge in [-0.25, -0.2) is 0 Å². The molecule has 0 spiro atoms. The molecule has 1 aliphatic carbocycles. The number of nitrogens with zero attached hydrogens (tertiary/aromatic N) is 1. The van der Waals surface area contributed by atoms with E-state index in [1.165, 1.54) is 0 Å². The first-order chi connectivity index (χ1) is 7.12. The Morgan fingerprint density at radius 1 is 1.47 bits per heavy atom. The van der Waals surface area contributed by atoms with Gasteiger partial charge in [-0.2, -0.15) is 0 Å². The Balaban J connectivity index is 2.26. The van der Waals surface area contributed by atoms with Crippen molar-refractivity contribution < 1.29 is 5.11 Å². The van der Waals surface area contributed by atoms with Crippen molar-refractivity contribution in [1.82, 2.24) is 4.98 Å². The maximum absolute atomic E-state index is 9.49. The maximum Gasteiger partial charge on any atom is 0.0541 e. The highest BCUT2D eigenvalue weighted by atomic mass is 16.3. The number of hydrogen-bond acceptors (Lipinski definition) is 3. The summed E-state index contributed by atoms with van der Waals surface area (Å²) < 4.78 is 0. The molecule has 1 heterocycles. The van der Waals surface area contributed by atoms with E-state index in [0.29, 0.717) is 0 Å². The van der Waals surface area contributed by atoms with Crippen molar-refractivity contribution in [3.63, 3.8) is 0 Å². The summed E-state index contributed by atoms with van der Waals surface area (Å²) in [5, 5.41) is 9.49. The number of rotatable bonds is 1. The quantitative estimate of drug-likeness (QED) is 0.731. The minimum Gasteiger partial charge on any atom is -0.393 e. The average Bonchev–Trinajstić information content (AvgIpc) is 2.23. The third-order valence-corrected chi connectivity index (χ3v) is 3.39. The number of nitrogens with two attached hydrogens (primary N) is 1. The predicted octanol–water partition coefficient (Wildman–Crippen LogP) is 1.48. The van der Waals surface area contributed by atoms with E-state index in [1.807, 2.05) is 13.0 Å². The molecular weight excluding hydrogens is 188 g/mol. The van der Waals surface area contributed by atoms with Crippen LogP contribution in [0.3, 0.4) is 0 Å². The van der Waals surface area contributed by atoms with Crippen molar-refractivity contribution in [2.45, 2.75) is 44.2 Å². The molecule has 0 bridgehead atoms. The van der Waals surface area contributed by atoms with Crippen LogP contribution < -0.4 is 5.73 Å². The van der Waals surface area contributed by atoms with Gasteiger partial charge in [0.1, 0.15) is 0 Å². The second kappa shape index (κ2) is 3.91. The van der Waals surface area contributed by atoms with Gasteiger partial charge < -0.3 is 10.8 Å². The van der Waals surface area contributed by atoms with Gasteiger partial charge in [-0.1, -0.05) is 6.07 Å². The van der Waals surface area contributed by atoms with Crippen molar-refractivity contribution >= 4 is 0 Å². The van der Waals surface area contributed by atoms with E-state index in [2.05, 4.69) is 11.1 Å². The minimum absolute atomic E-state index is 0.168. The number of aliphatic hydroxyl groups excluding tert-OH is 1. The lowest BCUT2D eigenvalue weighted by Gasteiger charge is -2.36. The Morgan fingerprint density at radius 2 is 2.13 bits per heavy atom. The first kappa shape index (κ1) is 10.6. The van der Waals surface area contributed by atoms with Gasteiger partial charge in [-0.05, 0) is 44.2 Å². The fraction of sp³-hybridized carbons (Fsp3) is 0.583. The van der Waals surface area contributed by atoms with Crippen LogP contribution in [0.4, 0.5) is 0 Å². The molecule has 0 aromatic carbocycles. The molecule has 1 saturated carbocycles. The van der Waals surface area contributed by atoms with Gasteiger partial charge in [0.2, 0.25) is 0 Å². The zero-order chi connectivity index (χ0) is 10.9. The zero-order valence-corrected chi connectivity index (χ0v) is 9.11. The number of pyridine rings is 1. The molecule has 0 saturated heterocycles. The summed E-state index contributed by atoms with van der Waals surface area (Å²) in [5.74, 6) is 0. The van der Waals surface area contributed by atoms with E-state index < -0.39 is 0 Å². The van der Waals surface area contributed by atoms with Crippen LogP contribution in [-0.4, -0.2) is 16.2 Å². The van der Waals surface area contributed by atoms with Gasteiger partial charge in [0, 0.05) is 17.4 Å². The number of aryl methyl sites for hydroxylation is 1.